The van der Waals surface area contributed by atoms with Crippen LogP contribution in [0.25, 0.3) is 0 Å². The molecule has 2 N–H and O–H groups in total. The summed E-state index contributed by atoms with van der Waals surface area (Å²) in [5.74, 6) is -0.378. The molecule has 1 atom stereocenters. The summed E-state index contributed by atoms with van der Waals surface area (Å²) in [6, 6.07) is 3.03. The van der Waals surface area contributed by atoms with Gasteiger partial charge in [0.1, 0.15) is 17.7 Å². The zero-order valence-corrected chi connectivity index (χ0v) is 10.3. The Bertz CT molecular complexity index is 504. The molecule has 3 nitrogen and oxygen atoms in total. The molecular formula is C10H7BrClFN2O. The Morgan fingerprint density at radius 3 is 2.88 bits per heavy atom. The number of imidazole rings is 1. The van der Waals surface area contributed by atoms with Crippen LogP contribution < -0.4 is 0 Å². The molecule has 1 heterocycles. The Morgan fingerprint density at radius 1 is 1.50 bits per heavy atom. The van der Waals surface area contributed by atoms with Crippen molar-refractivity contribution in [2.45, 2.75) is 6.10 Å². The lowest BCUT2D eigenvalue weighted by Crippen LogP contribution is -2.05. The van der Waals surface area contributed by atoms with E-state index >= 15 is 0 Å². The zero-order valence-electron chi connectivity index (χ0n) is 7.92. The van der Waals surface area contributed by atoms with Crippen molar-refractivity contribution in [2.75, 3.05) is 0 Å². The first-order valence-corrected chi connectivity index (χ1v) is 5.59. The second kappa shape index (κ2) is 4.53. The number of aliphatic hydroxyl groups excluding tert-OH is 1. The van der Waals surface area contributed by atoms with Crippen molar-refractivity contribution >= 4 is 27.5 Å². The summed E-state index contributed by atoms with van der Waals surface area (Å²) < 4.78 is 14.2. The average molecular weight is 306 g/mol. The van der Waals surface area contributed by atoms with Gasteiger partial charge >= 0.3 is 0 Å². The summed E-state index contributed by atoms with van der Waals surface area (Å²) in [5.41, 5.74) is 0.0863. The molecule has 0 aliphatic heterocycles. The molecule has 0 saturated heterocycles. The van der Waals surface area contributed by atoms with Crippen LogP contribution in [0.1, 0.15) is 17.5 Å². The summed E-state index contributed by atoms with van der Waals surface area (Å²) in [6.45, 7) is 0. The smallest absolute Gasteiger partial charge is 0.149 e. The van der Waals surface area contributed by atoms with Crippen molar-refractivity contribution in [3.8, 4) is 0 Å². The van der Waals surface area contributed by atoms with Gasteiger partial charge in [0, 0.05) is 22.4 Å². The van der Waals surface area contributed by atoms with E-state index in [9.17, 15) is 9.50 Å². The lowest BCUT2D eigenvalue weighted by Gasteiger charge is -2.10. The molecule has 0 amide bonds. The SMILES string of the molecule is OC(c1ncc[nH]1)c1ccc(Br)c(Cl)c1F. The van der Waals surface area contributed by atoms with Gasteiger partial charge in [0.25, 0.3) is 0 Å². The van der Waals surface area contributed by atoms with Crippen molar-refractivity contribution in [3.05, 3.63) is 51.2 Å². The third-order valence-corrected chi connectivity index (χ3v) is 3.40. The first-order chi connectivity index (χ1) is 7.61. The first-order valence-electron chi connectivity index (χ1n) is 4.42. The van der Waals surface area contributed by atoms with E-state index in [2.05, 4.69) is 25.9 Å². The number of hydrogen-bond acceptors (Lipinski definition) is 2. The molecule has 0 fully saturated rings. The Labute approximate surface area is 104 Å². The Hall–Kier alpha value is -0.910. The molecule has 1 aromatic heterocycles. The summed E-state index contributed by atoms with van der Waals surface area (Å²) >= 11 is 8.83. The van der Waals surface area contributed by atoms with Crippen molar-refractivity contribution in [2.24, 2.45) is 0 Å². The maximum atomic E-state index is 13.7. The van der Waals surface area contributed by atoms with E-state index in [1.165, 1.54) is 12.3 Å². The predicted octanol–water partition coefficient (Wildman–Crippen LogP) is 3.05. The lowest BCUT2D eigenvalue weighted by atomic mass is 10.1. The number of aliphatic hydroxyl groups is 1. The Kier molecular flexibility index (Phi) is 3.28. The van der Waals surface area contributed by atoms with Crippen molar-refractivity contribution in [1.29, 1.82) is 0 Å². The van der Waals surface area contributed by atoms with Crippen LogP contribution in [0.4, 0.5) is 4.39 Å². The predicted molar refractivity (Wildman–Crippen MR) is 61.8 cm³/mol. The van der Waals surface area contributed by atoms with E-state index in [1.807, 2.05) is 0 Å². The third-order valence-electron chi connectivity index (χ3n) is 2.14. The minimum Gasteiger partial charge on any atom is -0.380 e. The van der Waals surface area contributed by atoms with Crippen molar-refractivity contribution in [1.82, 2.24) is 9.97 Å². The van der Waals surface area contributed by atoms with Gasteiger partial charge in [0.15, 0.2) is 0 Å². The molecule has 0 bridgehead atoms. The van der Waals surface area contributed by atoms with Crippen LogP contribution in [0.5, 0.6) is 0 Å². The molecule has 1 aromatic carbocycles. The fourth-order valence-electron chi connectivity index (χ4n) is 1.33. The van der Waals surface area contributed by atoms with Gasteiger partial charge in [-0.3, -0.25) is 0 Å². The quantitative estimate of drug-likeness (QED) is 0.838. The zero-order chi connectivity index (χ0) is 11.7. The highest BCUT2D eigenvalue weighted by molar-refractivity contribution is 9.10. The number of aromatic nitrogens is 2. The van der Waals surface area contributed by atoms with Gasteiger partial charge in [-0.25, -0.2) is 9.37 Å². The van der Waals surface area contributed by atoms with Gasteiger partial charge in [0.05, 0.1) is 5.02 Å². The summed E-state index contributed by atoms with van der Waals surface area (Å²) in [6.07, 6.45) is 1.88. The summed E-state index contributed by atoms with van der Waals surface area (Å²) in [7, 11) is 0. The third kappa shape index (κ3) is 1.98. The number of H-pyrrole nitrogens is 1. The van der Waals surface area contributed by atoms with E-state index < -0.39 is 11.9 Å². The lowest BCUT2D eigenvalue weighted by molar-refractivity contribution is 0.206. The van der Waals surface area contributed by atoms with Crippen LogP contribution in [0.15, 0.2) is 29.0 Å². The normalized spacial score (nSPS) is 12.8. The van der Waals surface area contributed by atoms with E-state index in [1.54, 1.807) is 12.3 Å². The number of rotatable bonds is 2. The summed E-state index contributed by atoms with van der Waals surface area (Å²) in [4.78, 5) is 6.57. The summed E-state index contributed by atoms with van der Waals surface area (Å²) in [5, 5.41) is 9.82. The standard InChI is InChI=1S/C10H7BrClFN2O/c11-6-2-1-5(8(13)7(6)12)9(16)10-14-3-4-15-10/h1-4,9,16H,(H,14,15). The molecule has 0 radical (unpaired) electrons. The van der Waals surface area contributed by atoms with Crippen LogP contribution in [-0.4, -0.2) is 15.1 Å². The van der Waals surface area contributed by atoms with Crippen LogP contribution in [0.2, 0.25) is 5.02 Å². The highest BCUT2D eigenvalue weighted by Gasteiger charge is 2.20. The largest absolute Gasteiger partial charge is 0.380 e. The number of halogens is 3. The Morgan fingerprint density at radius 2 is 2.25 bits per heavy atom. The van der Waals surface area contributed by atoms with E-state index in [0.29, 0.717) is 4.47 Å². The molecule has 0 aliphatic rings. The van der Waals surface area contributed by atoms with Gasteiger partial charge in [-0.2, -0.15) is 0 Å². The molecular weight excluding hydrogens is 298 g/mol. The van der Waals surface area contributed by atoms with Crippen LogP contribution >= 0.6 is 27.5 Å². The van der Waals surface area contributed by atoms with Gasteiger partial charge in [0.2, 0.25) is 0 Å². The van der Waals surface area contributed by atoms with Crippen molar-refractivity contribution in [3.63, 3.8) is 0 Å². The molecule has 6 heteroatoms. The molecule has 16 heavy (non-hydrogen) atoms. The van der Waals surface area contributed by atoms with Gasteiger partial charge in [-0.1, -0.05) is 17.7 Å². The number of hydrogen-bond donors (Lipinski definition) is 2. The molecule has 1 unspecified atom stereocenters. The number of aromatic amines is 1. The molecule has 2 aromatic rings. The first kappa shape index (κ1) is 11.6. The van der Waals surface area contributed by atoms with Gasteiger partial charge < -0.3 is 10.1 Å². The molecule has 0 spiro atoms. The number of benzene rings is 1. The maximum Gasteiger partial charge on any atom is 0.149 e. The van der Waals surface area contributed by atoms with E-state index in [4.69, 9.17) is 11.6 Å². The topological polar surface area (TPSA) is 48.9 Å². The molecule has 0 saturated carbocycles. The molecule has 84 valence electrons. The van der Waals surface area contributed by atoms with Crippen molar-refractivity contribution < 1.29 is 9.50 Å². The second-order valence-corrected chi connectivity index (χ2v) is 4.37. The highest BCUT2D eigenvalue weighted by atomic mass is 79.9. The average Bonchev–Trinajstić information content (AvgIpc) is 2.79. The molecule has 0 aliphatic carbocycles. The fourth-order valence-corrected chi connectivity index (χ4v) is 1.80. The number of nitrogens with zero attached hydrogens (tertiary/aromatic N) is 1. The van der Waals surface area contributed by atoms with Gasteiger partial charge in [-0.15, -0.1) is 0 Å². The number of nitrogens with one attached hydrogen (secondary N) is 1. The van der Waals surface area contributed by atoms with E-state index in [0.717, 1.165) is 0 Å². The Balaban J connectivity index is 2.45. The minimum absolute atomic E-state index is 0.0527. The minimum atomic E-state index is -1.15. The van der Waals surface area contributed by atoms with Crippen LogP contribution in [-0.2, 0) is 0 Å². The fraction of sp³-hybridized carbons (Fsp3) is 0.100. The van der Waals surface area contributed by atoms with E-state index in [-0.39, 0.29) is 16.4 Å². The maximum absolute atomic E-state index is 13.7. The van der Waals surface area contributed by atoms with Gasteiger partial charge in [-0.05, 0) is 22.0 Å². The molecule has 2 rings (SSSR count). The second-order valence-electron chi connectivity index (χ2n) is 3.14. The van der Waals surface area contributed by atoms with Crippen LogP contribution in [0, 0.1) is 5.82 Å². The van der Waals surface area contributed by atoms with Crippen LogP contribution in [0.3, 0.4) is 0 Å². The monoisotopic (exact) mass is 304 g/mol. The highest BCUT2D eigenvalue weighted by Crippen LogP contribution is 2.31.